The van der Waals surface area contributed by atoms with Crippen LogP contribution in [0.5, 0.6) is 17.2 Å². The summed E-state index contributed by atoms with van der Waals surface area (Å²) in [6.07, 6.45) is 0. The van der Waals surface area contributed by atoms with Crippen molar-refractivity contribution >= 4 is 23.3 Å². The molecule has 0 N–H and O–H groups in total. The van der Waals surface area contributed by atoms with Gasteiger partial charge in [0.15, 0.2) is 6.61 Å². The highest BCUT2D eigenvalue weighted by molar-refractivity contribution is 6.32. The Hall–Kier alpha value is -2.80. The number of carbonyl (C=O) groups is 1. The minimum Gasteiger partial charge on any atom is -0.496 e. The summed E-state index contributed by atoms with van der Waals surface area (Å²) < 4.78 is 15.1. The molecule has 0 fully saturated rings. The molecule has 8 heteroatoms. The molecule has 120 valence electrons. The number of esters is 1. The van der Waals surface area contributed by atoms with Gasteiger partial charge >= 0.3 is 11.7 Å². The lowest BCUT2D eigenvalue weighted by Crippen LogP contribution is -2.18. The predicted octanol–water partition coefficient (Wildman–Crippen LogP) is 3.24. The lowest BCUT2D eigenvalue weighted by molar-refractivity contribution is -0.385. The first-order valence-electron chi connectivity index (χ1n) is 6.41. The molecule has 0 aliphatic heterocycles. The van der Waals surface area contributed by atoms with E-state index in [0.717, 1.165) is 6.07 Å². The van der Waals surface area contributed by atoms with E-state index in [-0.39, 0.29) is 17.2 Å². The zero-order valence-electron chi connectivity index (χ0n) is 12.0. The Kier molecular flexibility index (Phi) is 5.37. The molecule has 0 aromatic heterocycles. The molecule has 0 unspecified atom stereocenters. The number of hydrogen-bond acceptors (Lipinski definition) is 6. The van der Waals surface area contributed by atoms with Crippen LogP contribution in [-0.2, 0) is 4.79 Å². The Morgan fingerprint density at radius 3 is 2.61 bits per heavy atom. The van der Waals surface area contributed by atoms with E-state index in [1.807, 2.05) is 0 Å². The highest BCUT2D eigenvalue weighted by Crippen LogP contribution is 2.31. The molecule has 0 aliphatic rings. The number of nitro groups is 1. The van der Waals surface area contributed by atoms with Gasteiger partial charge in [-0.15, -0.1) is 0 Å². The average Bonchev–Trinajstić information content (AvgIpc) is 2.54. The zero-order valence-corrected chi connectivity index (χ0v) is 12.8. The van der Waals surface area contributed by atoms with Crippen LogP contribution in [0.2, 0.25) is 5.02 Å². The van der Waals surface area contributed by atoms with E-state index in [0.29, 0.717) is 10.8 Å². The number of nitro benzene ring substituents is 1. The van der Waals surface area contributed by atoms with Gasteiger partial charge in [-0.3, -0.25) is 10.1 Å². The van der Waals surface area contributed by atoms with Gasteiger partial charge in [0.2, 0.25) is 5.75 Å². The van der Waals surface area contributed by atoms with Gasteiger partial charge in [-0.1, -0.05) is 23.7 Å². The first-order valence-corrected chi connectivity index (χ1v) is 6.79. The molecule has 0 radical (unpaired) electrons. The Balaban J connectivity index is 2.05. The van der Waals surface area contributed by atoms with Gasteiger partial charge in [0.1, 0.15) is 11.5 Å². The van der Waals surface area contributed by atoms with Crippen molar-refractivity contribution in [1.82, 2.24) is 0 Å². The largest absolute Gasteiger partial charge is 0.496 e. The molecule has 23 heavy (non-hydrogen) atoms. The van der Waals surface area contributed by atoms with Crippen molar-refractivity contribution < 1.29 is 23.9 Å². The summed E-state index contributed by atoms with van der Waals surface area (Å²) in [4.78, 5) is 22.1. The second kappa shape index (κ2) is 7.46. The summed E-state index contributed by atoms with van der Waals surface area (Å²) in [5.41, 5.74) is -0.379. The predicted molar refractivity (Wildman–Crippen MR) is 82.2 cm³/mol. The number of carbonyl (C=O) groups excluding carboxylic acids is 1. The fourth-order valence-corrected chi connectivity index (χ4v) is 1.89. The number of halogens is 1. The molecular weight excluding hydrogens is 326 g/mol. The average molecular weight is 338 g/mol. The number of nitrogens with zero attached hydrogens (tertiary/aromatic N) is 1. The van der Waals surface area contributed by atoms with Gasteiger partial charge in [-0.25, -0.2) is 4.79 Å². The normalized spacial score (nSPS) is 10.0. The van der Waals surface area contributed by atoms with Crippen LogP contribution in [0.15, 0.2) is 42.5 Å². The van der Waals surface area contributed by atoms with E-state index in [4.69, 9.17) is 25.8 Å². The van der Waals surface area contributed by atoms with E-state index in [1.165, 1.54) is 19.2 Å². The van der Waals surface area contributed by atoms with Crippen molar-refractivity contribution in [2.45, 2.75) is 0 Å². The third-order valence-corrected chi connectivity index (χ3v) is 3.08. The Morgan fingerprint density at radius 1 is 1.22 bits per heavy atom. The molecule has 0 atom stereocenters. The second-order valence-corrected chi connectivity index (χ2v) is 4.69. The summed E-state index contributed by atoms with van der Waals surface area (Å²) in [5.74, 6) is -0.388. The summed E-state index contributed by atoms with van der Waals surface area (Å²) in [6, 6.07) is 10.5. The van der Waals surface area contributed by atoms with Crippen molar-refractivity contribution in [3.63, 3.8) is 0 Å². The fourth-order valence-electron chi connectivity index (χ4n) is 1.70. The van der Waals surface area contributed by atoms with Crippen LogP contribution in [0, 0.1) is 10.1 Å². The molecule has 2 rings (SSSR count). The van der Waals surface area contributed by atoms with Crippen LogP contribution in [0.3, 0.4) is 0 Å². The summed E-state index contributed by atoms with van der Waals surface area (Å²) >= 11 is 5.89. The van der Waals surface area contributed by atoms with Gasteiger partial charge in [0.25, 0.3) is 0 Å². The van der Waals surface area contributed by atoms with Crippen LogP contribution in [0.25, 0.3) is 0 Å². The van der Waals surface area contributed by atoms with Crippen LogP contribution in [-0.4, -0.2) is 24.6 Å². The molecule has 0 saturated heterocycles. The fraction of sp³-hybridized carbons (Fsp3) is 0.133. The van der Waals surface area contributed by atoms with E-state index in [9.17, 15) is 14.9 Å². The number of para-hydroxylation sites is 1. The smallest absolute Gasteiger partial charge is 0.349 e. The molecule has 0 aliphatic carbocycles. The molecular formula is C15H12ClNO6. The Morgan fingerprint density at radius 2 is 1.96 bits per heavy atom. The Labute approximate surface area is 136 Å². The summed E-state index contributed by atoms with van der Waals surface area (Å²) in [5, 5.41) is 11.3. The minimum atomic E-state index is -0.793. The minimum absolute atomic E-state index is 0.191. The maximum absolute atomic E-state index is 11.8. The summed E-state index contributed by atoms with van der Waals surface area (Å²) in [7, 11) is 1.38. The van der Waals surface area contributed by atoms with E-state index >= 15 is 0 Å². The van der Waals surface area contributed by atoms with Crippen molar-refractivity contribution in [2.75, 3.05) is 13.7 Å². The molecule has 0 saturated carbocycles. The maximum Gasteiger partial charge on any atom is 0.349 e. The van der Waals surface area contributed by atoms with Crippen molar-refractivity contribution in [3.05, 3.63) is 57.6 Å². The number of benzene rings is 2. The monoisotopic (exact) mass is 337 g/mol. The number of methoxy groups -OCH3 is 1. The number of ether oxygens (including phenoxy) is 3. The quantitative estimate of drug-likeness (QED) is 0.348. The molecule has 0 spiro atoms. The van der Waals surface area contributed by atoms with Gasteiger partial charge in [-0.2, -0.15) is 0 Å². The molecule has 2 aromatic carbocycles. The van der Waals surface area contributed by atoms with Crippen molar-refractivity contribution in [3.8, 4) is 17.2 Å². The molecule has 2 aromatic rings. The number of hydrogen-bond donors (Lipinski definition) is 0. The summed E-state index contributed by atoms with van der Waals surface area (Å²) in [6.45, 7) is -0.438. The Bertz CT molecular complexity index is 734. The highest BCUT2D eigenvalue weighted by Gasteiger charge is 2.19. The molecule has 0 heterocycles. The molecule has 7 nitrogen and oxygen atoms in total. The van der Waals surface area contributed by atoms with Crippen LogP contribution >= 0.6 is 11.6 Å². The van der Waals surface area contributed by atoms with E-state index in [1.54, 1.807) is 24.3 Å². The van der Waals surface area contributed by atoms with Crippen molar-refractivity contribution in [1.29, 1.82) is 0 Å². The molecule has 0 amide bonds. The topological polar surface area (TPSA) is 87.9 Å². The zero-order chi connectivity index (χ0) is 16.8. The second-order valence-electron chi connectivity index (χ2n) is 4.28. The van der Waals surface area contributed by atoms with E-state index in [2.05, 4.69) is 0 Å². The third kappa shape index (κ3) is 4.33. The lowest BCUT2D eigenvalue weighted by Gasteiger charge is -2.08. The first-order chi connectivity index (χ1) is 11.0. The maximum atomic E-state index is 11.8. The SMILES string of the molecule is COc1ccc(OC(=O)COc2ccccc2Cl)c([N+](=O)[O-])c1. The van der Waals surface area contributed by atoms with Crippen LogP contribution in [0.1, 0.15) is 0 Å². The number of rotatable bonds is 6. The van der Waals surface area contributed by atoms with E-state index < -0.39 is 17.5 Å². The highest BCUT2D eigenvalue weighted by atomic mass is 35.5. The van der Waals surface area contributed by atoms with Crippen LogP contribution in [0.4, 0.5) is 5.69 Å². The third-order valence-electron chi connectivity index (χ3n) is 2.77. The van der Waals surface area contributed by atoms with Crippen LogP contribution < -0.4 is 14.2 Å². The first kappa shape index (κ1) is 16.6. The standard InChI is InChI=1S/C15H12ClNO6/c1-21-10-6-7-14(12(8-10)17(19)20)23-15(18)9-22-13-5-3-2-4-11(13)16/h2-8H,9H2,1H3. The van der Waals surface area contributed by atoms with Gasteiger partial charge in [0.05, 0.1) is 23.1 Å². The van der Waals surface area contributed by atoms with Gasteiger partial charge in [0, 0.05) is 0 Å². The van der Waals surface area contributed by atoms with Gasteiger partial charge in [-0.05, 0) is 24.3 Å². The lowest BCUT2D eigenvalue weighted by atomic mass is 10.3. The molecule has 0 bridgehead atoms. The van der Waals surface area contributed by atoms with Crippen molar-refractivity contribution in [2.24, 2.45) is 0 Å². The van der Waals surface area contributed by atoms with Gasteiger partial charge < -0.3 is 14.2 Å².